The Kier molecular flexibility index (Phi) is 4.65. The molecule has 0 saturated heterocycles. The van der Waals surface area contributed by atoms with E-state index in [1.54, 1.807) is 0 Å². The van der Waals surface area contributed by atoms with Gasteiger partial charge in [0.1, 0.15) is 0 Å². The summed E-state index contributed by atoms with van der Waals surface area (Å²) in [6.45, 7) is 3.01. The summed E-state index contributed by atoms with van der Waals surface area (Å²) in [6, 6.07) is 0.536. The number of carbonyl (C=O) groups excluding carboxylic acids is 1. The average molecular weight is 215 g/mol. The van der Waals surface area contributed by atoms with Gasteiger partial charge in [-0.2, -0.15) is 0 Å². The first kappa shape index (κ1) is 11.2. The number of hydrogen-bond donors (Lipinski definition) is 3. The minimum absolute atomic E-state index is 0.00760. The van der Waals surface area contributed by atoms with Crippen molar-refractivity contribution >= 4 is 23.2 Å². The molecular formula is C9H17N3OS. The van der Waals surface area contributed by atoms with E-state index in [0.717, 1.165) is 13.0 Å². The van der Waals surface area contributed by atoms with Crippen LogP contribution < -0.4 is 16.0 Å². The Bertz CT molecular complexity index is 216. The molecule has 3 N–H and O–H groups in total. The van der Waals surface area contributed by atoms with Crippen LogP contribution in [0.4, 0.5) is 0 Å². The molecule has 0 aromatic carbocycles. The molecule has 0 atom stereocenters. The third kappa shape index (κ3) is 5.01. The lowest BCUT2D eigenvalue weighted by molar-refractivity contribution is -0.119. The number of amides is 1. The van der Waals surface area contributed by atoms with Gasteiger partial charge in [-0.15, -0.1) is 0 Å². The topological polar surface area (TPSA) is 53.2 Å². The fraction of sp³-hybridized carbons (Fsp3) is 0.778. The number of nitrogens with one attached hydrogen (secondary N) is 3. The van der Waals surface area contributed by atoms with Crippen molar-refractivity contribution in [2.75, 3.05) is 13.1 Å². The van der Waals surface area contributed by atoms with Gasteiger partial charge in [-0.3, -0.25) is 4.79 Å². The van der Waals surface area contributed by atoms with Crippen LogP contribution in [-0.2, 0) is 4.79 Å². The van der Waals surface area contributed by atoms with Crippen molar-refractivity contribution in [2.45, 2.75) is 32.2 Å². The van der Waals surface area contributed by atoms with Crippen molar-refractivity contribution < 1.29 is 4.79 Å². The van der Waals surface area contributed by atoms with E-state index >= 15 is 0 Å². The fourth-order valence-corrected chi connectivity index (χ4v) is 1.19. The number of thiocarbonyl (C=S) groups is 1. The SMILES string of the molecule is CCCNC(=O)CNC(=S)NC1CC1. The molecule has 5 heteroatoms. The van der Waals surface area contributed by atoms with E-state index in [2.05, 4.69) is 16.0 Å². The molecule has 0 heterocycles. The molecule has 0 aliphatic heterocycles. The van der Waals surface area contributed by atoms with E-state index in [9.17, 15) is 4.79 Å². The molecule has 1 aliphatic rings. The van der Waals surface area contributed by atoms with Crippen LogP contribution in [0.3, 0.4) is 0 Å². The van der Waals surface area contributed by atoms with Crippen molar-refractivity contribution in [3.05, 3.63) is 0 Å². The second-order valence-electron chi connectivity index (χ2n) is 3.45. The van der Waals surface area contributed by atoms with Crippen LogP contribution in [0.2, 0.25) is 0 Å². The fourth-order valence-electron chi connectivity index (χ4n) is 0.952. The highest BCUT2D eigenvalue weighted by atomic mass is 32.1. The summed E-state index contributed by atoms with van der Waals surface area (Å²) in [5, 5.41) is 9.33. The molecule has 0 spiro atoms. The van der Waals surface area contributed by atoms with E-state index in [4.69, 9.17) is 12.2 Å². The Labute approximate surface area is 89.8 Å². The van der Waals surface area contributed by atoms with Crippen molar-refractivity contribution in [1.82, 2.24) is 16.0 Å². The number of hydrogen-bond acceptors (Lipinski definition) is 2. The smallest absolute Gasteiger partial charge is 0.239 e. The third-order valence-electron chi connectivity index (χ3n) is 1.89. The van der Waals surface area contributed by atoms with Crippen molar-refractivity contribution in [2.24, 2.45) is 0 Å². The van der Waals surface area contributed by atoms with Crippen molar-refractivity contribution in [3.8, 4) is 0 Å². The summed E-state index contributed by atoms with van der Waals surface area (Å²) in [7, 11) is 0. The van der Waals surface area contributed by atoms with Gasteiger partial charge in [-0.05, 0) is 31.5 Å². The maximum atomic E-state index is 11.1. The molecule has 0 bridgehead atoms. The zero-order valence-electron chi connectivity index (χ0n) is 8.43. The first-order valence-corrected chi connectivity index (χ1v) is 5.44. The summed E-state index contributed by atoms with van der Waals surface area (Å²) in [4.78, 5) is 11.1. The van der Waals surface area contributed by atoms with Crippen LogP contribution in [0, 0.1) is 0 Å². The molecule has 14 heavy (non-hydrogen) atoms. The highest BCUT2D eigenvalue weighted by molar-refractivity contribution is 7.80. The van der Waals surface area contributed by atoms with Gasteiger partial charge in [0.25, 0.3) is 0 Å². The summed E-state index contributed by atoms with van der Waals surface area (Å²) < 4.78 is 0. The molecule has 80 valence electrons. The summed E-state index contributed by atoms with van der Waals surface area (Å²) in [5.74, 6) is -0.00760. The normalized spacial score (nSPS) is 14.6. The molecule has 0 radical (unpaired) electrons. The highest BCUT2D eigenvalue weighted by Crippen LogP contribution is 2.18. The minimum atomic E-state index is -0.00760. The van der Waals surface area contributed by atoms with E-state index < -0.39 is 0 Å². The standard InChI is InChI=1S/C9H17N3OS/c1-2-5-10-8(13)6-11-9(14)12-7-3-4-7/h7H,2-6H2,1H3,(H,10,13)(H2,11,12,14). The molecule has 1 amide bonds. The van der Waals surface area contributed by atoms with Crippen molar-refractivity contribution in [1.29, 1.82) is 0 Å². The van der Waals surface area contributed by atoms with Gasteiger partial charge < -0.3 is 16.0 Å². The Hall–Kier alpha value is -0.840. The second kappa shape index (κ2) is 5.80. The maximum Gasteiger partial charge on any atom is 0.239 e. The van der Waals surface area contributed by atoms with Gasteiger partial charge >= 0.3 is 0 Å². The van der Waals surface area contributed by atoms with Crippen molar-refractivity contribution in [3.63, 3.8) is 0 Å². The van der Waals surface area contributed by atoms with Gasteiger partial charge in [-0.25, -0.2) is 0 Å². The van der Waals surface area contributed by atoms with Crippen LogP contribution in [0.1, 0.15) is 26.2 Å². The largest absolute Gasteiger partial charge is 0.360 e. The molecule has 0 aromatic heterocycles. The number of carbonyl (C=O) groups is 1. The maximum absolute atomic E-state index is 11.1. The van der Waals surface area contributed by atoms with Gasteiger partial charge in [0.05, 0.1) is 6.54 Å². The zero-order valence-corrected chi connectivity index (χ0v) is 9.25. The average Bonchev–Trinajstić information content (AvgIpc) is 2.95. The quantitative estimate of drug-likeness (QED) is 0.571. The lowest BCUT2D eigenvalue weighted by Crippen LogP contribution is -2.42. The zero-order chi connectivity index (χ0) is 10.4. The Morgan fingerprint density at radius 2 is 2.14 bits per heavy atom. The molecule has 1 aliphatic carbocycles. The summed E-state index contributed by atoms with van der Waals surface area (Å²) in [5.41, 5.74) is 0. The first-order chi connectivity index (χ1) is 6.72. The third-order valence-corrected chi connectivity index (χ3v) is 2.16. The Morgan fingerprint density at radius 1 is 1.43 bits per heavy atom. The first-order valence-electron chi connectivity index (χ1n) is 5.03. The van der Waals surface area contributed by atoms with E-state index in [1.165, 1.54) is 12.8 Å². The minimum Gasteiger partial charge on any atom is -0.360 e. The molecule has 1 saturated carbocycles. The van der Waals surface area contributed by atoms with E-state index in [1.807, 2.05) is 6.92 Å². The van der Waals surface area contributed by atoms with Crippen LogP contribution >= 0.6 is 12.2 Å². The molecule has 0 unspecified atom stereocenters. The van der Waals surface area contributed by atoms with Gasteiger partial charge in [0.2, 0.25) is 5.91 Å². The molecule has 1 rings (SSSR count). The highest BCUT2D eigenvalue weighted by Gasteiger charge is 2.21. The molecular weight excluding hydrogens is 198 g/mol. The Morgan fingerprint density at radius 3 is 2.71 bits per heavy atom. The van der Waals surface area contributed by atoms with Crippen LogP contribution in [0.15, 0.2) is 0 Å². The van der Waals surface area contributed by atoms with Crippen LogP contribution in [0.5, 0.6) is 0 Å². The lowest BCUT2D eigenvalue weighted by Gasteiger charge is -2.09. The monoisotopic (exact) mass is 215 g/mol. The molecule has 0 aromatic rings. The molecule has 4 nitrogen and oxygen atoms in total. The van der Waals surface area contributed by atoms with Crippen LogP contribution in [0.25, 0.3) is 0 Å². The molecule has 1 fully saturated rings. The van der Waals surface area contributed by atoms with E-state index in [0.29, 0.717) is 11.2 Å². The Balaban J connectivity index is 2.00. The number of rotatable bonds is 5. The van der Waals surface area contributed by atoms with Gasteiger partial charge in [-0.1, -0.05) is 6.92 Å². The summed E-state index contributed by atoms with van der Waals surface area (Å²) in [6.07, 6.45) is 3.32. The van der Waals surface area contributed by atoms with Gasteiger partial charge in [0.15, 0.2) is 5.11 Å². The second-order valence-corrected chi connectivity index (χ2v) is 3.86. The lowest BCUT2D eigenvalue weighted by atomic mass is 10.4. The predicted molar refractivity (Wildman–Crippen MR) is 60.1 cm³/mol. The summed E-state index contributed by atoms with van der Waals surface area (Å²) >= 11 is 5.00. The predicted octanol–water partition coefficient (Wildman–Crippen LogP) is 0.139. The van der Waals surface area contributed by atoms with Crippen LogP contribution in [-0.4, -0.2) is 30.2 Å². The van der Waals surface area contributed by atoms with Gasteiger partial charge in [0, 0.05) is 12.6 Å². The van der Waals surface area contributed by atoms with E-state index in [-0.39, 0.29) is 12.5 Å².